The molecule has 1 N–H and O–H groups in total. The summed E-state index contributed by atoms with van der Waals surface area (Å²) >= 11 is 3.15. The van der Waals surface area contributed by atoms with Gasteiger partial charge in [-0.25, -0.2) is 8.78 Å². The summed E-state index contributed by atoms with van der Waals surface area (Å²) in [4.78, 5) is 0. The molecule has 0 saturated carbocycles. The zero-order valence-corrected chi connectivity index (χ0v) is 12.3. The number of hydrogen-bond donors (Lipinski definition) is 1. The normalized spacial score (nSPS) is 12.5. The quantitative estimate of drug-likeness (QED) is 0.884. The lowest BCUT2D eigenvalue weighted by Gasteiger charge is -2.19. The van der Waals surface area contributed by atoms with Gasteiger partial charge < -0.3 is 5.32 Å². The molecule has 2 rings (SSSR count). The Morgan fingerprint density at radius 1 is 1.16 bits per heavy atom. The number of halogens is 3. The van der Waals surface area contributed by atoms with Gasteiger partial charge in [0.15, 0.2) is 0 Å². The fourth-order valence-electron chi connectivity index (χ4n) is 2.09. The maximum atomic E-state index is 14.2. The second-order valence-corrected chi connectivity index (χ2v) is 5.23. The summed E-state index contributed by atoms with van der Waals surface area (Å²) in [5.41, 5.74) is 1.96. The molecular formula is C15H14BrF2N. The molecule has 100 valence electrons. The average molecular weight is 326 g/mol. The molecule has 0 aliphatic carbocycles. The highest BCUT2D eigenvalue weighted by Gasteiger charge is 2.18. The number of aryl methyl sites for hydroxylation is 1. The van der Waals surface area contributed by atoms with Crippen LogP contribution >= 0.6 is 15.9 Å². The molecule has 0 fully saturated rings. The topological polar surface area (TPSA) is 12.0 Å². The van der Waals surface area contributed by atoms with Gasteiger partial charge in [0.05, 0.1) is 10.5 Å². The van der Waals surface area contributed by atoms with E-state index in [1.165, 1.54) is 6.07 Å². The van der Waals surface area contributed by atoms with Crippen molar-refractivity contribution in [3.63, 3.8) is 0 Å². The number of rotatable bonds is 3. The lowest BCUT2D eigenvalue weighted by molar-refractivity contribution is 0.567. The van der Waals surface area contributed by atoms with E-state index in [4.69, 9.17) is 0 Å². The Morgan fingerprint density at radius 3 is 2.53 bits per heavy atom. The van der Waals surface area contributed by atoms with E-state index in [2.05, 4.69) is 21.2 Å². The van der Waals surface area contributed by atoms with Gasteiger partial charge in [-0.05, 0) is 53.2 Å². The van der Waals surface area contributed by atoms with E-state index >= 15 is 0 Å². The van der Waals surface area contributed by atoms with Crippen LogP contribution in [0.2, 0.25) is 0 Å². The van der Waals surface area contributed by atoms with Crippen LogP contribution in [0, 0.1) is 18.6 Å². The second kappa shape index (κ2) is 5.80. The fraction of sp³-hybridized carbons (Fsp3) is 0.200. The Hall–Kier alpha value is -1.26. The van der Waals surface area contributed by atoms with Crippen molar-refractivity contribution in [2.45, 2.75) is 13.0 Å². The molecule has 0 amide bonds. The maximum Gasteiger partial charge on any atom is 0.137 e. The van der Waals surface area contributed by atoms with E-state index in [0.29, 0.717) is 15.6 Å². The molecule has 0 spiro atoms. The van der Waals surface area contributed by atoms with Crippen LogP contribution in [0.25, 0.3) is 0 Å². The Labute approximate surface area is 119 Å². The molecule has 19 heavy (non-hydrogen) atoms. The van der Waals surface area contributed by atoms with Crippen LogP contribution in [0.5, 0.6) is 0 Å². The molecule has 0 bridgehead atoms. The third-order valence-electron chi connectivity index (χ3n) is 3.10. The molecule has 1 atom stereocenters. The highest BCUT2D eigenvalue weighted by atomic mass is 79.9. The zero-order valence-electron chi connectivity index (χ0n) is 10.7. The van der Waals surface area contributed by atoms with Crippen LogP contribution in [0.1, 0.15) is 22.7 Å². The van der Waals surface area contributed by atoms with Gasteiger partial charge in [-0.15, -0.1) is 0 Å². The van der Waals surface area contributed by atoms with Gasteiger partial charge >= 0.3 is 0 Å². The van der Waals surface area contributed by atoms with Crippen LogP contribution in [0.15, 0.2) is 40.9 Å². The average Bonchev–Trinajstić information content (AvgIpc) is 2.39. The van der Waals surface area contributed by atoms with Crippen molar-refractivity contribution >= 4 is 15.9 Å². The molecule has 2 aromatic carbocycles. The fourth-order valence-corrected chi connectivity index (χ4v) is 2.48. The summed E-state index contributed by atoms with van der Waals surface area (Å²) < 4.78 is 27.8. The van der Waals surface area contributed by atoms with Gasteiger partial charge in [0, 0.05) is 5.56 Å². The summed E-state index contributed by atoms with van der Waals surface area (Å²) in [6, 6.07) is 9.67. The Kier molecular flexibility index (Phi) is 4.32. The molecular weight excluding hydrogens is 312 g/mol. The van der Waals surface area contributed by atoms with E-state index in [0.717, 1.165) is 5.56 Å². The summed E-state index contributed by atoms with van der Waals surface area (Å²) in [5, 5.41) is 3.07. The summed E-state index contributed by atoms with van der Waals surface area (Å²) in [7, 11) is 1.75. The van der Waals surface area contributed by atoms with Crippen molar-refractivity contribution < 1.29 is 8.78 Å². The first kappa shape index (κ1) is 14.2. The summed E-state index contributed by atoms with van der Waals surface area (Å²) in [6.07, 6.45) is 0. The first-order chi connectivity index (χ1) is 9.04. The van der Waals surface area contributed by atoms with E-state index in [1.54, 1.807) is 38.2 Å². The van der Waals surface area contributed by atoms with E-state index in [1.807, 2.05) is 6.07 Å². The van der Waals surface area contributed by atoms with E-state index in [9.17, 15) is 8.78 Å². The maximum absolute atomic E-state index is 14.2. The molecule has 0 aromatic heterocycles. The van der Waals surface area contributed by atoms with Crippen molar-refractivity contribution in [2.75, 3.05) is 7.05 Å². The van der Waals surface area contributed by atoms with Crippen LogP contribution in [0.3, 0.4) is 0 Å². The van der Waals surface area contributed by atoms with Crippen molar-refractivity contribution in [3.05, 3.63) is 69.2 Å². The van der Waals surface area contributed by atoms with Crippen LogP contribution in [-0.4, -0.2) is 7.05 Å². The smallest absolute Gasteiger partial charge is 0.137 e. The Bertz CT molecular complexity index is 599. The largest absolute Gasteiger partial charge is 0.309 e. The molecule has 0 aliphatic rings. The molecule has 0 aliphatic heterocycles. The summed E-state index contributed by atoms with van der Waals surface area (Å²) in [6.45, 7) is 1.73. The third-order valence-corrected chi connectivity index (χ3v) is 3.71. The standard InChI is InChI=1S/C15H14BrF2N/c1-9-4-3-5-11(14(9)18)15(19-2)10-6-7-13(17)12(16)8-10/h3-8,15,19H,1-2H3. The lowest BCUT2D eigenvalue weighted by atomic mass is 9.97. The predicted molar refractivity (Wildman–Crippen MR) is 76.1 cm³/mol. The highest BCUT2D eigenvalue weighted by Crippen LogP contribution is 2.28. The molecule has 1 nitrogen and oxygen atoms in total. The number of benzene rings is 2. The lowest BCUT2D eigenvalue weighted by Crippen LogP contribution is -2.19. The molecule has 1 unspecified atom stereocenters. The summed E-state index contributed by atoms with van der Waals surface area (Å²) in [5.74, 6) is -0.564. The van der Waals surface area contributed by atoms with Crippen LogP contribution < -0.4 is 5.32 Å². The monoisotopic (exact) mass is 325 g/mol. The van der Waals surface area contributed by atoms with Gasteiger partial charge in [0.2, 0.25) is 0 Å². The van der Waals surface area contributed by atoms with E-state index < -0.39 is 0 Å². The Morgan fingerprint density at radius 2 is 1.89 bits per heavy atom. The molecule has 0 radical (unpaired) electrons. The highest BCUT2D eigenvalue weighted by molar-refractivity contribution is 9.10. The van der Waals surface area contributed by atoms with Gasteiger partial charge in [0.1, 0.15) is 11.6 Å². The number of nitrogens with one attached hydrogen (secondary N) is 1. The van der Waals surface area contributed by atoms with Crippen molar-refractivity contribution in [1.82, 2.24) is 5.32 Å². The van der Waals surface area contributed by atoms with Gasteiger partial charge in [-0.2, -0.15) is 0 Å². The Balaban J connectivity index is 2.50. The minimum absolute atomic E-state index is 0.234. The van der Waals surface area contributed by atoms with Crippen LogP contribution in [0.4, 0.5) is 8.78 Å². The van der Waals surface area contributed by atoms with Crippen molar-refractivity contribution in [1.29, 1.82) is 0 Å². The van der Waals surface area contributed by atoms with Crippen molar-refractivity contribution in [3.8, 4) is 0 Å². The molecule has 0 saturated heterocycles. The zero-order chi connectivity index (χ0) is 14.0. The first-order valence-corrected chi connectivity index (χ1v) is 6.71. The predicted octanol–water partition coefficient (Wildman–Crippen LogP) is 4.34. The minimum Gasteiger partial charge on any atom is -0.309 e. The number of hydrogen-bond acceptors (Lipinski definition) is 1. The van der Waals surface area contributed by atoms with Gasteiger partial charge in [-0.1, -0.05) is 24.3 Å². The van der Waals surface area contributed by atoms with Crippen molar-refractivity contribution in [2.24, 2.45) is 0 Å². The van der Waals surface area contributed by atoms with Gasteiger partial charge in [0.25, 0.3) is 0 Å². The minimum atomic E-state index is -0.330. The SMILES string of the molecule is CNC(c1ccc(F)c(Br)c1)c1cccc(C)c1F. The third kappa shape index (κ3) is 2.85. The van der Waals surface area contributed by atoms with Gasteiger partial charge in [-0.3, -0.25) is 0 Å². The molecule has 4 heteroatoms. The first-order valence-electron chi connectivity index (χ1n) is 5.92. The molecule has 0 heterocycles. The van der Waals surface area contributed by atoms with Crippen LogP contribution in [-0.2, 0) is 0 Å². The van der Waals surface area contributed by atoms with E-state index in [-0.39, 0.29) is 17.7 Å². The molecule has 2 aromatic rings. The second-order valence-electron chi connectivity index (χ2n) is 4.37.